The number of ketones is 2. The van der Waals surface area contributed by atoms with Crippen LogP contribution in [0.3, 0.4) is 0 Å². The van der Waals surface area contributed by atoms with Crippen molar-refractivity contribution in [2.75, 3.05) is 13.2 Å². The summed E-state index contributed by atoms with van der Waals surface area (Å²) in [5.41, 5.74) is 3.51. The van der Waals surface area contributed by atoms with Crippen molar-refractivity contribution < 1.29 is 34.1 Å². The third-order valence-electron chi connectivity index (χ3n) is 6.68. The molecule has 194 valence electrons. The largest absolute Gasteiger partial charge is 0.507 e. The van der Waals surface area contributed by atoms with Crippen LogP contribution in [-0.2, 0) is 24.1 Å². The highest BCUT2D eigenvalue weighted by Crippen LogP contribution is 2.34. The van der Waals surface area contributed by atoms with Crippen LogP contribution in [0.25, 0.3) is 0 Å². The van der Waals surface area contributed by atoms with Crippen LogP contribution in [0, 0.1) is 5.92 Å². The van der Waals surface area contributed by atoms with Gasteiger partial charge in [-0.05, 0) is 94.2 Å². The summed E-state index contributed by atoms with van der Waals surface area (Å²) >= 11 is 0. The summed E-state index contributed by atoms with van der Waals surface area (Å²) in [6.07, 6.45) is 5.55. The van der Waals surface area contributed by atoms with E-state index in [0.29, 0.717) is 67.1 Å². The summed E-state index contributed by atoms with van der Waals surface area (Å²) in [7, 11) is 0. The number of carbonyl (C=O) groups excluding carboxylic acids is 2. The predicted octanol–water partition coefficient (Wildman–Crippen LogP) is 5.57. The van der Waals surface area contributed by atoms with Crippen LogP contribution in [0.4, 0.5) is 0 Å². The van der Waals surface area contributed by atoms with E-state index in [1.54, 1.807) is 12.1 Å². The lowest BCUT2D eigenvalue weighted by molar-refractivity contribution is -0.142. The van der Waals surface area contributed by atoms with Crippen molar-refractivity contribution in [3.05, 3.63) is 52.1 Å². The van der Waals surface area contributed by atoms with Crippen LogP contribution in [0.5, 0.6) is 17.2 Å². The lowest BCUT2D eigenvalue weighted by atomic mass is 9.82. The van der Waals surface area contributed by atoms with E-state index in [1.807, 2.05) is 19.1 Å². The first-order chi connectivity index (χ1) is 17.2. The summed E-state index contributed by atoms with van der Waals surface area (Å²) in [6.45, 7) is 5.88. The molecule has 1 aliphatic rings. The van der Waals surface area contributed by atoms with Gasteiger partial charge in [0.2, 0.25) is 0 Å². The number of rotatable bonds is 13. The van der Waals surface area contributed by atoms with Gasteiger partial charge in [-0.3, -0.25) is 14.4 Å². The van der Waals surface area contributed by atoms with E-state index in [4.69, 9.17) is 9.47 Å². The minimum absolute atomic E-state index is 0.0104. The molecule has 0 fully saturated rings. The Hall–Kier alpha value is -3.35. The standard InChI is InChI=1S/C29H36O7/c1-4-8-24-26(12-11-23(18(2)30)28(24)32)35-13-6-5-7-14-36-27-17-22-15-21(29(33)34)10-9-20(22)16-25(27)19(3)31/h11-12,16-17,21,32H,4-10,13-15H2,1-3H3,(H,33,34). The first-order valence-corrected chi connectivity index (χ1v) is 12.7. The maximum absolute atomic E-state index is 12.2. The molecule has 0 amide bonds. The molecular weight excluding hydrogens is 460 g/mol. The van der Waals surface area contributed by atoms with Crippen LogP contribution in [0.15, 0.2) is 24.3 Å². The Kier molecular flexibility index (Phi) is 9.51. The summed E-state index contributed by atoms with van der Waals surface area (Å²) in [6, 6.07) is 7.05. The number of carboxylic acid groups (broad SMARTS) is 1. The molecule has 2 N–H and O–H groups in total. The number of phenols is 1. The quantitative estimate of drug-likeness (QED) is 0.276. The molecular formula is C29H36O7. The molecule has 36 heavy (non-hydrogen) atoms. The Morgan fingerprint density at radius 1 is 0.917 bits per heavy atom. The molecule has 7 heteroatoms. The molecule has 3 rings (SSSR count). The van der Waals surface area contributed by atoms with Gasteiger partial charge in [-0.25, -0.2) is 0 Å². The van der Waals surface area contributed by atoms with Crippen molar-refractivity contribution in [1.82, 2.24) is 0 Å². The highest BCUT2D eigenvalue weighted by Gasteiger charge is 2.26. The number of aromatic hydroxyl groups is 1. The van der Waals surface area contributed by atoms with E-state index in [1.165, 1.54) is 13.8 Å². The number of fused-ring (bicyclic) bond motifs is 1. The average Bonchev–Trinajstić information content (AvgIpc) is 2.84. The SMILES string of the molecule is CCCc1c(OCCCCCOc2cc3c(cc2C(C)=O)CCC(C(=O)O)C3)ccc(C(C)=O)c1O. The summed E-state index contributed by atoms with van der Waals surface area (Å²) < 4.78 is 11.9. The Bertz CT molecular complexity index is 1120. The summed E-state index contributed by atoms with van der Waals surface area (Å²) in [5.74, 6) is -0.284. The third kappa shape index (κ3) is 6.65. The van der Waals surface area contributed by atoms with E-state index in [0.717, 1.165) is 36.8 Å². The number of hydrogen-bond donors (Lipinski definition) is 2. The highest BCUT2D eigenvalue weighted by atomic mass is 16.5. The number of benzene rings is 2. The zero-order valence-electron chi connectivity index (χ0n) is 21.4. The first-order valence-electron chi connectivity index (χ1n) is 12.7. The molecule has 0 aromatic heterocycles. The van der Waals surface area contributed by atoms with Gasteiger partial charge in [0.25, 0.3) is 0 Å². The zero-order valence-corrected chi connectivity index (χ0v) is 21.4. The fourth-order valence-corrected chi connectivity index (χ4v) is 4.67. The molecule has 2 aromatic carbocycles. The molecule has 0 aliphatic heterocycles. The van der Waals surface area contributed by atoms with Gasteiger partial charge >= 0.3 is 5.97 Å². The minimum atomic E-state index is -0.784. The molecule has 0 bridgehead atoms. The van der Waals surface area contributed by atoms with Crippen molar-refractivity contribution in [3.8, 4) is 17.2 Å². The number of carbonyl (C=O) groups is 3. The van der Waals surface area contributed by atoms with Crippen molar-refractivity contribution in [3.63, 3.8) is 0 Å². The average molecular weight is 497 g/mol. The predicted molar refractivity (Wildman–Crippen MR) is 137 cm³/mol. The topological polar surface area (TPSA) is 110 Å². The smallest absolute Gasteiger partial charge is 0.306 e. The molecule has 0 saturated carbocycles. The number of carboxylic acids is 1. The second-order valence-corrected chi connectivity index (χ2v) is 9.45. The summed E-state index contributed by atoms with van der Waals surface area (Å²) in [4.78, 5) is 35.3. The maximum atomic E-state index is 12.2. The Labute approximate surface area is 212 Å². The van der Waals surface area contributed by atoms with Gasteiger partial charge in [0.15, 0.2) is 11.6 Å². The number of aliphatic carboxylic acids is 1. The molecule has 1 unspecified atom stereocenters. The van der Waals surface area contributed by atoms with Crippen LogP contribution < -0.4 is 9.47 Å². The molecule has 0 spiro atoms. The Morgan fingerprint density at radius 2 is 1.58 bits per heavy atom. The van der Waals surface area contributed by atoms with E-state index < -0.39 is 11.9 Å². The number of Topliss-reactive ketones (excluding diaryl/α,β-unsaturated/α-hetero) is 2. The fourth-order valence-electron chi connectivity index (χ4n) is 4.67. The van der Waals surface area contributed by atoms with E-state index in [2.05, 4.69) is 0 Å². The number of ether oxygens (including phenoxy) is 2. The van der Waals surface area contributed by atoms with Crippen molar-refractivity contribution in [2.24, 2.45) is 5.92 Å². The molecule has 0 saturated heterocycles. The van der Waals surface area contributed by atoms with Crippen LogP contribution in [-0.4, -0.2) is 41.0 Å². The van der Waals surface area contributed by atoms with Crippen LogP contribution in [0.1, 0.15) is 90.3 Å². The van der Waals surface area contributed by atoms with Gasteiger partial charge in [-0.15, -0.1) is 0 Å². The van der Waals surface area contributed by atoms with Crippen LogP contribution >= 0.6 is 0 Å². The lowest BCUT2D eigenvalue weighted by Crippen LogP contribution is -2.22. The van der Waals surface area contributed by atoms with Gasteiger partial charge in [0, 0.05) is 5.56 Å². The van der Waals surface area contributed by atoms with E-state index in [9.17, 15) is 24.6 Å². The molecule has 1 aliphatic carbocycles. The number of hydrogen-bond acceptors (Lipinski definition) is 6. The summed E-state index contributed by atoms with van der Waals surface area (Å²) in [5, 5.41) is 19.8. The number of aryl methyl sites for hydroxylation is 1. The first kappa shape index (κ1) is 27.2. The lowest BCUT2D eigenvalue weighted by Gasteiger charge is -2.23. The van der Waals surface area contributed by atoms with Gasteiger partial charge in [0.1, 0.15) is 17.2 Å². The van der Waals surface area contributed by atoms with E-state index >= 15 is 0 Å². The molecule has 0 heterocycles. The third-order valence-corrected chi connectivity index (χ3v) is 6.68. The van der Waals surface area contributed by atoms with Crippen molar-refractivity contribution in [2.45, 2.75) is 72.1 Å². The molecule has 2 aromatic rings. The second-order valence-electron chi connectivity index (χ2n) is 9.45. The monoisotopic (exact) mass is 496 g/mol. The molecule has 1 atom stereocenters. The Balaban J connectivity index is 1.51. The second kappa shape index (κ2) is 12.6. The molecule has 7 nitrogen and oxygen atoms in total. The fraction of sp³-hybridized carbons (Fsp3) is 0.483. The number of phenolic OH excluding ortho intramolecular Hbond substituents is 1. The zero-order chi connectivity index (χ0) is 26.2. The van der Waals surface area contributed by atoms with Gasteiger partial charge in [-0.2, -0.15) is 0 Å². The van der Waals surface area contributed by atoms with Crippen molar-refractivity contribution >= 4 is 17.5 Å². The minimum Gasteiger partial charge on any atom is -0.507 e. The van der Waals surface area contributed by atoms with Gasteiger partial charge in [0.05, 0.1) is 30.3 Å². The maximum Gasteiger partial charge on any atom is 0.306 e. The van der Waals surface area contributed by atoms with Gasteiger partial charge in [-0.1, -0.05) is 13.3 Å². The van der Waals surface area contributed by atoms with Gasteiger partial charge < -0.3 is 19.7 Å². The normalized spacial score (nSPS) is 14.7. The van der Waals surface area contributed by atoms with Crippen molar-refractivity contribution in [1.29, 1.82) is 0 Å². The van der Waals surface area contributed by atoms with E-state index in [-0.39, 0.29) is 17.3 Å². The Morgan fingerprint density at radius 3 is 2.19 bits per heavy atom. The highest BCUT2D eigenvalue weighted by molar-refractivity contribution is 5.98. The molecule has 0 radical (unpaired) electrons. The van der Waals surface area contributed by atoms with Crippen LogP contribution in [0.2, 0.25) is 0 Å². The number of unbranched alkanes of at least 4 members (excludes halogenated alkanes) is 2.